The SMILES string of the molecule is COc1ccc([C@@H]2Sc3cccc(OC)c3N(CCN(C)C)C(=O)[C@@H]2OC(C)=O)cc1. The fraction of sp³-hybridized carbons (Fsp3) is 0.391. The minimum atomic E-state index is -0.977. The molecule has 0 N–H and O–H groups in total. The van der Waals surface area contributed by atoms with Crippen LogP contribution in [0.3, 0.4) is 0 Å². The van der Waals surface area contributed by atoms with Gasteiger partial charge >= 0.3 is 5.97 Å². The van der Waals surface area contributed by atoms with Crippen LogP contribution in [-0.2, 0) is 14.3 Å². The summed E-state index contributed by atoms with van der Waals surface area (Å²) < 4.78 is 16.5. The zero-order valence-corrected chi connectivity index (χ0v) is 19.3. The Balaban J connectivity index is 2.13. The highest BCUT2D eigenvalue weighted by Crippen LogP contribution is 2.49. The molecule has 0 radical (unpaired) electrons. The molecule has 1 aliphatic rings. The maximum absolute atomic E-state index is 13.8. The summed E-state index contributed by atoms with van der Waals surface area (Å²) in [6.07, 6.45) is -0.977. The Kier molecular flexibility index (Phi) is 7.46. The van der Waals surface area contributed by atoms with E-state index < -0.39 is 17.3 Å². The van der Waals surface area contributed by atoms with Gasteiger partial charge in [0.1, 0.15) is 11.5 Å². The number of nitrogens with zero attached hydrogens (tertiary/aromatic N) is 2. The van der Waals surface area contributed by atoms with E-state index in [0.29, 0.717) is 30.3 Å². The fourth-order valence-electron chi connectivity index (χ4n) is 3.47. The predicted octanol–water partition coefficient (Wildman–Crippen LogP) is 3.38. The van der Waals surface area contributed by atoms with Gasteiger partial charge in [0, 0.05) is 24.9 Å². The Morgan fingerprint density at radius 1 is 1.10 bits per heavy atom. The maximum Gasteiger partial charge on any atom is 0.303 e. The number of hydrogen-bond donors (Lipinski definition) is 0. The molecule has 0 unspecified atom stereocenters. The van der Waals surface area contributed by atoms with E-state index in [1.54, 1.807) is 19.1 Å². The predicted molar refractivity (Wildman–Crippen MR) is 121 cm³/mol. The first-order valence-electron chi connectivity index (χ1n) is 9.96. The second-order valence-electron chi connectivity index (χ2n) is 7.44. The Morgan fingerprint density at radius 2 is 1.81 bits per heavy atom. The molecule has 0 saturated carbocycles. The summed E-state index contributed by atoms with van der Waals surface area (Å²) in [7, 11) is 7.09. The van der Waals surface area contributed by atoms with Crippen molar-refractivity contribution in [3.63, 3.8) is 0 Å². The number of benzene rings is 2. The standard InChI is InChI=1S/C23H28N2O5S/c1-15(26)30-21-22(16-9-11-17(28-4)12-10-16)31-19-8-6-7-18(29-5)20(19)25(23(21)27)14-13-24(2)3/h6-12,21-22H,13-14H2,1-5H3/t21-,22+/m1/s1. The third-order valence-corrected chi connectivity index (χ3v) is 6.35. The second kappa shape index (κ2) is 10.1. The van der Waals surface area contributed by atoms with Crippen molar-refractivity contribution in [1.29, 1.82) is 0 Å². The molecule has 1 aliphatic heterocycles. The van der Waals surface area contributed by atoms with Gasteiger partial charge in [-0.3, -0.25) is 9.59 Å². The van der Waals surface area contributed by atoms with E-state index in [0.717, 1.165) is 10.5 Å². The first-order valence-corrected chi connectivity index (χ1v) is 10.8. The maximum atomic E-state index is 13.8. The molecule has 166 valence electrons. The molecule has 0 spiro atoms. The van der Waals surface area contributed by atoms with E-state index in [4.69, 9.17) is 14.2 Å². The number of anilines is 1. The van der Waals surface area contributed by atoms with Crippen molar-refractivity contribution in [2.45, 2.75) is 23.2 Å². The highest BCUT2D eigenvalue weighted by atomic mass is 32.2. The van der Waals surface area contributed by atoms with E-state index in [9.17, 15) is 9.59 Å². The number of hydrogen-bond acceptors (Lipinski definition) is 7. The lowest BCUT2D eigenvalue weighted by molar-refractivity contribution is -0.152. The van der Waals surface area contributed by atoms with Crippen molar-refractivity contribution in [2.24, 2.45) is 0 Å². The minimum absolute atomic E-state index is 0.270. The van der Waals surface area contributed by atoms with Crippen LogP contribution in [0.4, 0.5) is 5.69 Å². The van der Waals surface area contributed by atoms with Crippen molar-refractivity contribution in [3.05, 3.63) is 48.0 Å². The number of likely N-dealkylation sites (N-methyl/N-ethyl adjacent to an activating group) is 1. The van der Waals surface area contributed by atoms with Crippen LogP contribution in [0.5, 0.6) is 11.5 Å². The topological polar surface area (TPSA) is 68.3 Å². The van der Waals surface area contributed by atoms with E-state index in [1.807, 2.05) is 61.5 Å². The molecule has 2 aromatic carbocycles. The van der Waals surface area contributed by atoms with Crippen molar-refractivity contribution in [2.75, 3.05) is 46.3 Å². The molecule has 2 aromatic rings. The Labute approximate surface area is 187 Å². The fourth-order valence-corrected chi connectivity index (χ4v) is 4.81. The molecule has 0 fully saturated rings. The normalized spacial score (nSPS) is 18.4. The van der Waals surface area contributed by atoms with Gasteiger partial charge < -0.3 is 24.0 Å². The van der Waals surface area contributed by atoms with Crippen LogP contribution in [-0.4, -0.2) is 64.3 Å². The summed E-state index contributed by atoms with van der Waals surface area (Å²) >= 11 is 1.49. The Hall–Kier alpha value is -2.71. The third kappa shape index (κ3) is 5.14. The van der Waals surface area contributed by atoms with Gasteiger partial charge in [-0.2, -0.15) is 0 Å². The number of carbonyl (C=O) groups is 2. The molecule has 3 rings (SSSR count). The minimum Gasteiger partial charge on any atom is -0.497 e. The zero-order chi connectivity index (χ0) is 22.5. The average molecular weight is 445 g/mol. The van der Waals surface area contributed by atoms with E-state index in [2.05, 4.69) is 0 Å². The highest BCUT2D eigenvalue weighted by molar-refractivity contribution is 7.99. The molecule has 0 bridgehead atoms. The molecule has 0 saturated heterocycles. The second-order valence-corrected chi connectivity index (χ2v) is 8.63. The molecule has 0 aliphatic carbocycles. The van der Waals surface area contributed by atoms with Crippen LogP contribution < -0.4 is 14.4 Å². The molecule has 0 aromatic heterocycles. The van der Waals surface area contributed by atoms with Gasteiger partial charge in [-0.15, -0.1) is 11.8 Å². The number of ether oxygens (including phenoxy) is 3. The molecular weight excluding hydrogens is 416 g/mol. The van der Waals surface area contributed by atoms with Gasteiger partial charge in [-0.05, 0) is 43.9 Å². The van der Waals surface area contributed by atoms with Crippen LogP contribution in [0.25, 0.3) is 0 Å². The van der Waals surface area contributed by atoms with Gasteiger partial charge in [0.25, 0.3) is 5.91 Å². The molecular formula is C23H28N2O5S. The van der Waals surface area contributed by atoms with Crippen molar-refractivity contribution < 1.29 is 23.8 Å². The van der Waals surface area contributed by atoms with E-state index in [1.165, 1.54) is 18.7 Å². The van der Waals surface area contributed by atoms with Gasteiger partial charge in [-0.25, -0.2) is 0 Å². The van der Waals surface area contributed by atoms with Crippen molar-refractivity contribution in [1.82, 2.24) is 4.90 Å². The summed E-state index contributed by atoms with van der Waals surface area (Å²) in [6, 6.07) is 13.2. The number of thioether (sulfide) groups is 1. The number of carbonyl (C=O) groups excluding carboxylic acids is 2. The number of esters is 1. The highest BCUT2D eigenvalue weighted by Gasteiger charge is 2.41. The van der Waals surface area contributed by atoms with Crippen LogP contribution in [0.1, 0.15) is 17.7 Å². The lowest BCUT2D eigenvalue weighted by atomic mass is 10.1. The summed E-state index contributed by atoms with van der Waals surface area (Å²) in [5.41, 5.74) is 1.57. The van der Waals surface area contributed by atoms with Crippen LogP contribution in [0.2, 0.25) is 0 Å². The molecule has 2 atom stereocenters. The summed E-state index contributed by atoms with van der Waals surface area (Å²) in [6.45, 7) is 2.41. The van der Waals surface area contributed by atoms with Gasteiger partial charge in [-0.1, -0.05) is 18.2 Å². The third-order valence-electron chi connectivity index (χ3n) is 5.00. The van der Waals surface area contributed by atoms with Crippen LogP contribution in [0, 0.1) is 0 Å². The smallest absolute Gasteiger partial charge is 0.303 e. The molecule has 31 heavy (non-hydrogen) atoms. The van der Waals surface area contributed by atoms with Gasteiger partial charge in [0.2, 0.25) is 0 Å². The first-order chi connectivity index (χ1) is 14.8. The van der Waals surface area contributed by atoms with Gasteiger partial charge in [0.05, 0.1) is 25.2 Å². The first kappa shape index (κ1) is 23.0. The summed E-state index contributed by atoms with van der Waals surface area (Å²) in [4.78, 5) is 30.3. The van der Waals surface area contributed by atoms with E-state index in [-0.39, 0.29) is 5.91 Å². The van der Waals surface area contributed by atoms with E-state index >= 15 is 0 Å². The Morgan fingerprint density at radius 3 is 2.39 bits per heavy atom. The Bertz CT molecular complexity index is 932. The summed E-state index contributed by atoms with van der Waals surface area (Å²) in [5, 5.41) is -0.419. The largest absolute Gasteiger partial charge is 0.497 e. The molecule has 7 nitrogen and oxygen atoms in total. The monoisotopic (exact) mass is 444 g/mol. The molecule has 1 amide bonds. The zero-order valence-electron chi connectivity index (χ0n) is 18.5. The quantitative estimate of drug-likeness (QED) is 0.607. The van der Waals surface area contributed by atoms with Crippen LogP contribution >= 0.6 is 11.8 Å². The average Bonchev–Trinajstić information content (AvgIpc) is 2.87. The number of amides is 1. The van der Waals surface area contributed by atoms with Crippen molar-refractivity contribution >= 4 is 29.3 Å². The molecule has 1 heterocycles. The van der Waals surface area contributed by atoms with Crippen LogP contribution in [0.15, 0.2) is 47.4 Å². The number of fused-ring (bicyclic) bond motifs is 1. The number of para-hydroxylation sites is 1. The van der Waals surface area contributed by atoms with Crippen molar-refractivity contribution in [3.8, 4) is 11.5 Å². The van der Waals surface area contributed by atoms with Gasteiger partial charge in [0.15, 0.2) is 6.10 Å². The lowest BCUT2D eigenvalue weighted by Crippen LogP contribution is -2.45. The molecule has 8 heteroatoms. The number of methoxy groups -OCH3 is 2. The summed E-state index contributed by atoms with van der Waals surface area (Å²) in [5.74, 6) is 0.554. The number of rotatable bonds is 7. The lowest BCUT2D eigenvalue weighted by Gasteiger charge is -2.29.